The van der Waals surface area contributed by atoms with Gasteiger partial charge in [-0.1, -0.05) is 0 Å². The predicted molar refractivity (Wildman–Crippen MR) is 77.1 cm³/mol. The van der Waals surface area contributed by atoms with Crippen LogP contribution < -0.4 is 0 Å². The SMILES string of the molecule is CC(C)(C)OC(=O)c1cc(Br)nn1C(C)(C#N)C1CC1. The molecule has 1 aromatic rings. The standard InChI is InChI=1S/C14H18BrN3O2/c1-13(2,3)20-12(19)10-7-11(15)17-18(10)14(4,8-16)9-5-6-9/h7,9H,5-6H2,1-4H3. The maximum atomic E-state index is 12.3. The molecule has 1 aliphatic carbocycles. The van der Waals surface area contributed by atoms with Crippen molar-refractivity contribution in [3.63, 3.8) is 0 Å². The Morgan fingerprint density at radius 1 is 1.50 bits per heavy atom. The number of carbonyl (C=O) groups is 1. The summed E-state index contributed by atoms with van der Waals surface area (Å²) in [7, 11) is 0. The van der Waals surface area contributed by atoms with Crippen LogP contribution in [0.25, 0.3) is 0 Å². The van der Waals surface area contributed by atoms with E-state index >= 15 is 0 Å². The van der Waals surface area contributed by atoms with Crippen molar-refractivity contribution >= 4 is 21.9 Å². The summed E-state index contributed by atoms with van der Waals surface area (Å²) in [5.41, 5.74) is -1.08. The van der Waals surface area contributed by atoms with Gasteiger partial charge in [-0.05, 0) is 62.4 Å². The first-order valence-electron chi connectivity index (χ1n) is 6.58. The fourth-order valence-electron chi connectivity index (χ4n) is 2.14. The van der Waals surface area contributed by atoms with Crippen LogP contribution in [0.15, 0.2) is 10.7 Å². The Labute approximate surface area is 127 Å². The largest absolute Gasteiger partial charge is 0.455 e. The van der Waals surface area contributed by atoms with E-state index in [1.165, 1.54) is 4.68 Å². The highest BCUT2D eigenvalue weighted by Crippen LogP contribution is 2.44. The van der Waals surface area contributed by atoms with E-state index in [0.29, 0.717) is 10.3 Å². The minimum absolute atomic E-state index is 0.237. The minimum atomic E-state index is -0.807. The van der Waals surface area contributed by atoms with Crippen molar-refractivity contribution in [1.29, 1.82) is 5.26 Å². The fraction of sp³-hybridized carbons (Fsp3) is 0.643. The molecule has 2 rings (SSSR count). The van der Waals surface area contributed by atoms with Crippen LogP contribution in [0.2, 0.25) is 0 Å². The monoisotopic (exact) mass is 339 g/mol. The predicted octanol–water partition coefficient (Wildman–Crippen LogP) is 3.25. The Morgan fingerprint density at radius 3 is 2.55 bits per heavy atom. The molecule has 20 heavy (non-hydrogen) atoms. The third-order valence-corrected chi connectivity index (χ3v) is 3.71. The lowest BCUT2D eigenvalue weighted by Gasteiger charge is -2.25. The zero-order chi connectivity index (χ0) is 15.1. The van der Waals surface area contributed by atoms with Crippen LogP contribution in [0, 0.1) is 17.2 Å². The van der Waals surface area contributed by atoms with Crippen molar-refractivity contribution in [2.75, 3.05) is 0 Å². The number of nitrogens with zero attached hydrogens (tertiary/aromatic N) is 3. The lowest BCUT2D eigenvalue weighted by atomic mass is 9.98. The molecule has 1 unspecified atom stereocenters. The van der Waals surface area contributed by atoms with Gasteiger partial charge in [0.2, 0.25) is 0 Å². The molecule has 0 aliphatic heterocycles. The van der Waals surface area contributed by atoms with E-state index in [-0.39, 0.29) is 5.92 Å². The van der Waals surface area contributed by atoms with Crippen LogP contribution >= 0.6 is 15.9 Å². The van der Waals surface area contributed by atoms with Crippen molar-refractivity contribution in [3.8, 4) is 6.07 Å². The number of halogens is 1. The second-order valence-electron chi connectivity index (χ2n) is 6.30. The van der Waals surface area contributed by atoms with Crippen LogP contribution in [0.3, 0.4) is 0 Å². The molecule has 0 amide bonds. The summed E-state index contributed by atoms with van der Waals surface area (Å²) in [4.78, 5) is 12.3. The first-order valence-corrected chi connectivity index (χ1v) is 7.37. The highest BCUT2D eigenvalue weighted by Gasteiger charge is 2.46. The van der Waals surface area contributed by atoms with E-state index in [2.05, 4.69) is 27.1 Å². The van der Waals surface area contributed by atoms with E-state index in [9.17, 15) is 10.1 Å². The Balaban J connectivity index is 2.41. The van der Waals surface area contributed by atoms with Crippen molar-refractivity contribution in [2.45, 2.75) is 51.7 Å². The maximum Gasteiger partial charge on any atom is 0.357 e. The first-order chi connectivity index (χ1) is 9.17. The second-order valence-corrected chi connectivity index (χ2v) is 7.11. The van der Waals surface area contributed by atoms with Gasteiger partial charge in [-0.2, -0.15) is 10.4 Å². The van der Waals surface area contributed by atoms with Gasteiger partial charge in [0.25, 0.3) is 0 Å². The molecule has 1 aliphatic rings. The number of carbonyl (C=O) groups excluding carboxylic acids is 1. The molecule has 108 valence electrons. The van der Waals surface area contributed by atoms with Gasteiger partial charge in [-0.25, -0.2) is 9.48 Å². The zero-order valence-corrected chi connectivity index (χ0v) is 13.7. The van der Waals surface area contributed by atoms with E-state index < -0.39 is 17.1 Å². The van der Waals surface area contributed by atoms with Crippen LogP contribution in [-0.2, 0) is 10.3 Å². The molecule has 1 atom stereocenters. The molecule has 5 nitrogen and oxygen atoms in total. The average molecular weight is 340 g/mol. The van der Waals surface area contributed by atoms with Crippen molar-refractivity contribution in [3.05, 3.63) is 16.4 Å². The molecule has 0 bridgehead atoms. The summed E-state index contributed by atoms with van der Waals surface area (Å²) in [6.07, 6.45) is 1.96. The highest BCUT2D eigenvalue weighted by atomic mass is 79.9. The number of esters is 1. The van der Waals surface area contributed by atoms with Gasteiger partial charge in [0.05, 0.1) is 6.07 Å². The highest BCUT2D eigenvalue weighted by molar-refractivity contribution is 9.10. The van der Waals surface area contributed by atoms with Crippen LogP contribution in [0.1, 0.15) is 51.0 Å². The quantitative estimate of drug-likeness (QED) is 0.792. The van der Waals surface area contributed by atoms with Gasteiger partial charge in [0, 0.05) is 6.07 Å². The third-order valence-electron chi connectivity index (χ3n) is 3.33. The van der Waals surface area contributed by atoms with Gasteiger partial charge in [0.15, 0.2) is 0 Å². The van der Waals surface area contributed by atoms with E-state index in [0.717, 1.165) is 12.8 Å². The van der Waals surface area contributed by atoms with Crippen LogP contribution in [0.5, 0.6) is 0 Å². The molecule has 6 heteroatoms. The Kier molecular flexibility index (Phi) is 3.67. The molecule has 0 N–H and O–H groups in total. The molecule has 0 saturated heterocycles. The summed E-state index contributed by atoms with van der Waals surface area (Å²) in [6.45, 7) is 7.25. The average Bonchev–Trinajstić information content (AvgIpc) is 3.09. The van der Waals surface area contributed by atoms with Gasteiger partial charge in [-0.3, -0.25) is 0 Å². The molecular weight excluding hydrogens is 322 g/mol. The maximum absolute atomic E-state index is 12.3. The third kappa shape index (κ3) is 2.88. The first kappa shape index (κ1) is 15.0. The van der Waals surface area contributed by atoms with Gasteiger partial charge < -0.3 is 4.74 Å². The summed E-state index contributed by atoms with van der Waals surface area (Å²) >= 11 is 3.27. The van der Waals surface area contributed by atoms with E-state index in [4.69, 9.17) is 4.74 Å². The fourth-order valence-corrected chi connectivity index (χ4v) is 2.51. The van der Waals surface area contributed by atoms with Gasteiger partial charge >= 0.3 is 5.97 Å². The Hall–Kier alpha value is -1.35. The Bertz CT molecular complexity index is 578. The second kappa shape index (κ2) is 4.88. The Morgan fingerprint density at radius 2 is 2.10 bits per heavy atom. The lowest BCUT2D eigenvalue weighted by molar-refractivity contribution is 0.00496. The molecule has 0 aromatic carbocycles. The van der Waals surface area contributed by atoms with Gasteiger partial charge in [0.1, 0.15) is 21.4 Å². The molecule has 1 saturated carbocycles. The number of hydrogen-bond acceptors (Lipinski definition) is 4. The van der Waals surface area contributed by atoms with Crippen molar-refractivity contribution in [1.82, 2.24) is 9.78 Å². The number of rotatable bonds is 3. The molecular formula is C14H18BrN3O2. The smallest absolute Gasteiger partial charge is 0.357 e. The van der Waals surface area contributed by atoms with Crippen LogP contribution in [-0.4, -0.2) is 21.4 Å². The molecule has 1 fully saturated rings. The normalized spacial score (nSPS) is 18.2. The lowest BCUT2D eigenvalue weighted by Crippen LogP contribution is -2.36. The van der Waals surface area contributed by atoms with E-state index in [1.807, 2.05) is 27.7 Å². The molecule has 1 aromatic heterocycles. The summed E-state index contributed by atoms with van der Waals surface area (Å²) in [5, 5.41) is 13.8. The van der Waals surface area contributed by atoms with Crippen molar-refractivity contribution in [2.24, 2.45) is 5.92 Å². The number of aromatic nitrogens is 2. The van der Waals surface area contributed by atoms with Crippen LogP contribution in [0.4, 0.5) is 0 Å². The number of ether oxygens (including phenoxy) is 1. The zero-order valence-electron chi connectivity index (χ0n) is 12.1. The van der Waals surface area contributed by atoms with Gasteiger partial charge in [-0.15, -0.1) is 0 Å². The van der Waals surface area contributed by atoms with Crippen molar-refractivity contribution < 1.29 is 9.53 Å². The number of hydrogen-bond donors (Lipinski definition) is 0. The number of nitriles is 1. The van der Waals surface area contributed by atoms with E-state index in [1.54, 1.807) is 6.07 Å². The molecule has 0 radical (unpaired) electrons. The minimum Gasteiger partial charge on any atom is -0.455 e. The summed E-state index contributed by atoms with van der Waals surface area (Å²) < 4.78 is 7.42. The molecule has 1 heterocycles. The summed E-state index contributed by atoms with van der Waals surface area (Å²) in [5.74, 6) is -0.224. The topological polar surface area (TPSA) is 67.9 Å². The summed E-state index contributed by atoms with van der Waals surface area (Å²) in [6, 6.07) is 3.90. The molecule has 0 spiro atoms.